The van der Waals surface area contributed by atoms with Gasteiger partial charge < -0.3 is 14.9 Å². The van der Waals surface area contributed by atoms with Gasteiger partial charge in [-0.25, -0.2) is 4.79 Å². The van der Waals surface area contributed by atoms with E-state index in [1.807, 2.05) is 6.92 Å². The number of carbonyl (C=O) groups excluding carboxylic acids is 4. The summed E-state index contributed by atoms with van der Waals surface area (Å²) in [6.45, 7) is 1.87. The number of anilines is 2. The third kappa shape index (κ3) is 5.62. The molecule has 4 aromatic carbocycles. The highest BCUT2D eigenvalue weighted by atomic mass is 19.4. The first-order chi connectivity index (χ1) is 26.2. The Hall–Kier alpha value is -6.44. The van der Waals surface area contributed by atoms with Crippen molar-refractivity contribution in [1.29, 1.82) is 0 Å². The molecule has 14 heteroatoms. The molecule has 2 heterocycles. The minimum absolute atomic E-state index is 0.0186. The summed E-state index contributed by atoms with van der Waals surface area (Å²) in [5.74, 6) is -10.6. The number of carbonyl (C=O) groups is 5. The number of fused-ring (bicyclic) bond motifs is 4. The first kappa shape index (κ1) is 35.6. The SMILES string of the molecule is Cc1ccc(NN2C(=O)[C@@H]3C[C@@H]4C(=CC[C@@H]5C(=O)N(c6cccc(C(=O)O)c6)C(=O)[C@@H]54)[C@H](c4cc(OC(F)(F)F)ccc4O)[C@]3(c3ccccc3)C2=O)cc1. The average Bonchev–Trinajstić information content (AvgIpc) is 3.54. The van der Waals surface area contributed by atoms with Crippen LogP contribution in [0, 0.1) is 30.6 Å². The fourth-order valence-electron chi connectivity index (χ4n) is 9.09. The van der Waals surface area contributed by atoms with Crippen LogP contribution in [-0.4, -0.2) is 51.2 Å². The lowest BCUT2D eigenvalue weighted by atomic mass is 9.49. The number of hydrogen-bond donors (Lipinski definition) is 3. The van der Waals surface area contributed by atoms with Crippen molar-refractivity contribution in [2.75, 3.05) is 10.3 Å². The van der Waals surface area contributed by atoms with Crippen LogP contribution in [0.15, 0.2) is 109 Å². The number of carboxylic acid groups (broad SMARTS) is 1. The number of aromatic hydroxyl groups is 1. The normalized spacial score (nSPS) is 26.0. The largest absolute Gasteiger partial charge is 0.573 e. The summed E-state index contributed by atoms with van der Waals surface area (Å²) in [5.41, 5.74) is 2.89. The van der Waals surface area contributed by atoms with E-state index in [4.69, 9.17) is 0 Å². The van der Waals surface area contributed by atoms with E-state index in [9.17, 15) is 42.6 Å². The predicted octanol–water partition coefficient (Wildman–Crippen LogP) is 6.49. The van der Waals surface area contributed by atoms with Gasteiger partial charge in [0.15, 0.2) is 0 Å². The van der Waals surface area contributed by atoms with Crippen molar-refractivity contribution in [2.45, 2.75) is 37.5 Å². The Morgan fingerprint density at radius 3 is 2.29 bits per heavy atom. The van der Waals surface area contributed by atoms with Crippen molar-refractivity contribution in [3.8, 4) is 11.5 Å². The number of amides is 4. The number of imide groups is 2. The quantitative estimate of drug-likeness (QED) is 0.142. The van der Waals surface area contributed by atoms with E-state index in [1.54, 1.807) is 60.7 Å². The third-order valence-corrected chi connectivity index (χ3v) is 11.3. The molecule has 6 atom stereocenters. The monoisotopic (exact) mass is 751 g/mol. The van der Waals surface area contributed by atoms with Crippen molar-refractivity contribution in [2.24, 2.45) is 23.7 Å². The molecular weight excluding hydrogens is 719 g/mol. The first-order valence-corrected chi connectivity index (χ1v) is 17.5. The van der Waals surface area contributed by atoms with Crippen molar-refractivity contribution >= 4 is 41.0 Å². The lowest BCUT2D eigenvalue weighted by Gasteiger charge is -2.50. The number of aryl methyl sites for hydroxylation is 1. The van der Waals surface area contributed by atoms with E-state index in [2.05, 4.69) is 10.2 Å². The smallest absolute Gasteiger partial charge is 0.508 e. The van der Waals surface area contributed by atoms with Gasteiger partial charge in [0.05, 0.1) is 40.1 Å². The number of carboxylic acids is 1. The number of phenolic OH excluding ortho intramolecular Hbond substituents is 1. The number of alkyl halides is 3. The number of hydrogen-bond acceptors (Lipinski definition) is 8. The van der Waals surface area contributed by atoms with Gasteiger partial charge in [0.2, 0.25) is 11.8 Å². The Bertz CT molecular complexity index is 2310. The molecule has 3 fully saturated rings. The Morgan fingerprint density at radius 1 is 0.873 bits per heavy atom. The number of phenols is 1. The molecule has 2 saturated heterocycles. The Kier molecular flexibility index (Phi) is 8.32. The Morgan fingerprint density at radius 2 is 1.60 bits per heavy atom. The maximum Gasteiger partial charge on any atom is 0.573 e. The van der Waals surface area contributed by atoms with Crippen LogP contribution >= 0.6 is 0 Å². The number of nitrogens with zero attached hydrogens (tertiary/aromatic N) is 2. The summed E-state index contributed by atoms with van der Waals surface area (Å²) in [6, 6.07) is 23.5. The van der Waals surface area contributed by atoms with Crippen molar-refractivity contribution in [1.82, 2.24) is 5.01 Å². The molecule has 280 valence electrons. The lowest BCUT2D eigenvalue weighted by Crippen LogP contribution is -2.53. The molecule has 0 radical (unpaired) electrons. The van der Waals surface area contributed by atoms with Gasteiger partial charge >= 0.3 is 12.3 Å². The molecule has 2 aliphatic heterocycles. The van der Waals surface area contributed by atoms with Gasteiger partial charge in [-0.1, -0.05) is 65.7 Å². The fraction of sp³-hybridized carbons (Fsp3) is 0.244. The number of allylic oxidation sites excluding steroid dienone is 2. The van der Waals surface area contributed by atoms with E-state index < -0.39 is 82.5 Å². The summed E-state index contributed by atoms with van der Waals surface area (Å²) in [7, 11) is 0. The van der Waals surface area contributed by atoms with E-state index in [0.717, 1.165) is 33.7 Å². The maximum absolute atomic E-state index is 15.2. The molecule has 2 aliphatic carbocycles. The molecule has 0 spiro atoms. The molecule has 0 bridgehead atoms. The molecule has 4 amide bonds. The molecule has 3 N–H and O–H groups in total. The van der Waals surface area contributed by atoms with Gasteiger partial charge in [0, 0.05) is 11.5 Å². The summed E-state index contributed by atoms with van der Waals surface area (Å²) in [5, 5.41) is 22.0. The van der Waals surface area contributed by atoms with Crippen LogP contribution < -0.4 is 15.1 Å². The van der Waals surface area contributed by atoms with Crippen LogP contribution in [0.5, 0.6) is 11.5 Å². The van der Waals surface area contributed by atoms with Crippen molar-refractivity contribution in [3.05, 3.63) is 131 Å². The number of nitrogens with one attached hydrogen (secondary N) is 1. The highest BCUT2D eigenvalue weighted by Gasteiger charge is 2.70. The van der Waals surface area contributed by atoms with Crippen LogP contribution in [0.4, 0.5) is 24.5 Å². The minimum Gasteiger partial charge on any atom is -0.508 e. The maximum atomic E-state index is 15.2. The summed E-state index contributed by atoms with van der Waals surface area (Å²) in [4.78, 5) is 71.3. The molecule has 4 aliphatic rings. The zero-order valence-electron chi connectivity index (χ0n) is 29.0. The second kappa shape index (κ2) is 12.9. The number of halogens is 3. The minimum atomic E-state index is -5.10. The van der Waals surface area contributed by atoms with E-state index in [-0.39, 0.29) is 29.7 Å². The number of aromatic carboxylic acids is 1. The van der Waals surface area contributed by atoms with E-state index in [1.165, 1.54) is 24.3 Å². The van der Waals surface area contributed by atoms with Crippen molar-refractivity contribution in [3.63, 3.8) is 0 Å². The van der Waals surface area contributed by atoms with E-state index >= 15 is 4.79 Å². The Labute approximate surface area is 311 Å². The fourth-order valence-corrected chi connectivity index (χ4v) is 9.09. The van der Waals surface area contributed by atoms with E-state index in [0.29, 0.717) is 16.8 Å². The topological polar surface area (TPSA) is 154 Å². The molecule has 4 aromatic rings. The summed E-state index contributed by atoms with van der Waals surface area (Å²) >= 11 is 0. The molecule has 8 rings (SSSR count). The number of ether oxygens (including phenoxy) is 1. The van der Waals surface area contributed by atoms with Crippen LogP contribution in [0.25, 0.3) is 0 Å². The van der Waals surface area contributed by atoms with Gasteiger partial charge in [-0.15, -0.1) is 13.2 Å². The lowest BCUT2D eigenvalue weighted by molar-refractivity contribution is -0.274. The highest BCUT2D eigenvalue weighted by Crippen LogP contribution is 2.65. The zero-order valence-corrected chi connectivity index (χ0v) is 29.0. The standard InChI is InChI=1S/C41H32F3N3O8/c1-21-10-12-24(13-11-21)45-47-36(50)31-20-29-27(15-16-28-33(29)37(51)46(35(28)49)25-9-5-6-22(18-25)38(52)53)34(40(31,39(47)54)23-7-3-2-4-8-23)30-19-26(14-17-32(30)48)55-41(42,43)44/h2-15,17-19,28-29,31,33-34,45,48H,16,20H2,1H3,(H,52,53)/t28-,29+,31-,33-,34+,40+/m0/s1. The first-order valence-electron chi connectivity index (χ1n) is 17.5. The zero-order chi connectivity index (χ0) is 39.0. The second-order valence-corrected chi connectivity index (χ2v) is 14.2. The van der Waals surface area contributed by atoms with Crippen LogP contribution in [-0.2, 0) is 24.6 Å². The average molecular weight is 752 g/mol. The molecule has 11 nitrogen and oxygen atoms in total. The molecule has 55 heavy (non-hydrogen) atoms. The van der Waals surface area contributed by atoms with Gasteiger partial charge in [-0.05, 0) is 79.8 Å². The molecular formula is C41H32F3N3O8. The Balaban J connectivity index is 1.33. The van der Waals surface area contributed by atoms with Crippen LogP contribution in [0.2, 0.25) is 0 Å². The van der Waals surface area contributed by atoms with Gasteiger partial charge in [-0.3, -0.25) is 29.5 Å². The van der Waals surface area contributed by atoms with Crippen LogP contribution in [0.1, 0.15) is 45.8 Å². The molecule has 1 saturated carbocycles. The van der Waals surface area contributed by atoms with Gasteiger partial charge in [-0.2, -0.15) is 5.01 Å². The summed E-state index contributed by atoms with van der Waals surface area (Å²) < 4.78 is 45.0. The highest BCUT2D eigenvalue weighted by molar-refractivity contribution is 6.23. The number of benzene rings is 4. The predicted molar refractivity (Wildman–Crippen MR) is 189 cm³/mol. The molecule has 0 unspecified atom stereocenters. The summed E-state index contributed by atoms with van der Waals surface area (Å²) in [6.07, 6.45) is -3.55. The molecule has 0 aromatic heterocycles. The van der Waals surface area contributed by atoms with Gasteiger partial charge in [0.1, 0.15) is 11.5 Å². The van der Waals surface area contributed by atoms with Crippen molar-refractivity contribution < 1.29 is 52.1 Å². The van der Waals surface area contributed by atoms with Gasteiger partial charge in [0.25, 0.3) is 11.8 Å². The third-order valence-electron chi connectivity index (χ3n) is 11.3. The number of hydrazine groups is 1. The second-order valence-electron chi connectivity index (χ2n) is 14.2. The van der Waals surface area contributed by atoms with Crippen LogP contribution in [0.3, 0.4) is 0 Å². The number of rotatable bonds is 7.